The van der Waals surface area contributed by atoms with Gasteiger partial charge in [0.2, 0.25) is 0 Å². The number of oxime groups is 2. The second kappa shape index (κ2) is 30.9. The number of rotatable bonds is 17. The predicted molar refractivity (Wildman–Crippen MR) is 400 cm³/mol. The highest BCUT2D eigenvalue weighted by Gasteiger charge is 2.56. The van der Waals surface area contributed by atoms with Crippen LogP contribution in [-0.4, -0.2) is 219 Å². The molecule has 17 rings (SSSR count). The van der Waals surface area contributed by atoms with E-state index in [-0.39, 0.29) is 67.7 Å². The molecule has 3 atom stereocenters. The number of piperazine rings is 2. The Morgan fingerprint density at radius 3 is 1.19 bits per heavy atom. The molecule has 5 saturated heterocycles. The smallest absolute Gasteiger partial charge is 0.322 e. The molecule has 0 spiro atoms. The van der Waals surface area contributed by atoms with Gasteiger partial charge in [0.25, 0.3) is 35.4 Å². The molecule has 5 fully saturated rings. The van der Waals surface area contributed by atoms with E-state index in [9.17, 15) is 48.4 Å². The van der Waals surface area contributed by atoms with Crippen LogP contribution in [0.3, 0.4) is 0 Å². The van der Waals surface area contributed by atoms with Crippen LogP contribution in [0.15, 0.2) is 151 Å². The third-order valence-corrected chi connectivity index (χ3v) is 21.1. The fourth-order valence-corrected chi connectivity index (χ4v) is 15.0. The van der Waals surface area contributed by atoms with Crippen molar-refractivity contribution in [3.8, 4) is 23.0 Å². The lowest BCUT2D eigenvalue weighted by atomic mass is 9.95. The lowest BCUT2D eigenvalue weighted by Gasteiger charge is -2.35. The molecule has 111 heavy (non-hydrogen) atoms. The molecule has 3 aromatic heterocycles. The van der Waals surface area contributed by atoms with Gasteiger partial charge in [0, 0.05) is 110 Å². The number of amides is 12. The normalized spacial score (nSPS) is 20.9. The van der Waals surface area contributed by atoms with Crippen molar-refractivity contribution in [2.75, 3.05) is 114 Å². The van der Waals surface area contributed by atoms with Crippen LogP contribution in [0.4, 0.5) is 14.4 Å². The molecule has 11 heterocycles. The Balaban J connectivity index is 0.000000133. The number of benzene rings is 6. The summed E-state index contributed by atoms with van der Waals surface area (Å²) in [6.45, 7) is 15.1. The van der Waals surface area contributed by atoms with Crippen molar-refractivity contribution in [1.29, 1.82) is 0 Å². The van der Waals surface area contributed by atoms with E-state index in [2.05, 4.69) is 71.2 Å². The number of hydrogen-bond donors (Lipinski definition) is 9. The number of imide groups is 3. The summed E-state index contributed by atoms with van der Waals surface area (Å²) in [5.41, 5.74) is 1.95. The second-order valence-corrected chi connectivity index (χ2v) is 27.6. The van der Waals surface area contributed by atoms with E-state index >= 15 is 0 Å². The zero-order valence-corrected chi connectivity index (χ0v) is 61.5. The van der Waals surface area contributed by atoms with Crippen molar-refractivity contribution in [1.82, 2.24) is 66.6 Å². The van der Waals surface area contributed by atoms with Crippen LogP contribution in [0.2, 0.25) is 0 Å². The molecular weight excluding hydrogens is 1430 g/mol. The SMILES string of the molecule is CCN1CCN(/C(=N/O)c2ccc3oc([C@]4(CN5Cc6ccc(OC)cc6C5=O)NC(=O)NC4=O)cc3c2)CC1.CCN1CCNCC1.COc1ccc2c(c1)C(=O)N(C[C@@]1(c3cc4cc(/C=N\O)ccc4o3)NC(=O)NC1=O)C2.COc1ccc2c(c1)C(=O)N(C[C@@]1(c3cc4cc(OC)ccc4o3)NC(=O)NC1=O)C2. The standard InChI is InChI=1S/C28H30N6O6.C22H18N4O6.C22H19N3O6.C6H14N2/c1-3-32-8-10-33(11-9-32)24(31-38)17-5-7-22-19(12-17)13-23(40-22)28(26(36)29-27(37)30-28)16-34-15-18-4-6-20(39-2)14-21(18)25(34)35;1-31-15-4-3-13-10-26(19(27)16(13)8-15)11-22(20(28)24-21(29)25-22)18-7-14-6-12(9-23-30)2-5-17(14)32-18;1-29-14-5-6-17-13(7-14)8-18(31-17)22(20(27)23-21(28)24-22)11-25-10-12-3-4-15(30-2)9-16(12)19(25)26;1-2-8-5-3-7-4-6-8/h4-7,12-14,38H,3,8-11,15-16H2,1-2H3,(H2,29,30,36,37);2-9,30H,10-11H2,1H3,(H2,24,25,28,29);3-9H,10-11H2,1-2H3,(H2,23,24,27,28);7H,2-6H2,1H3/b31-24+;23-9-;;/t28-;2*22-;/m000./s1. The third-order valence-electron chi connectivity index (χ3n) is 21.1. The van der Waals surface area contributed by atoms with E-state index < -0.39 is 52.4 Å². The van der Waals surface area contributed by atoms with Crippen LogP contribution in [0, 0.1) is 0 Å². The highest BCUT2D eigenvalue weighted by molar-refractivity contribution is 6.11. The fourth-order valence-electron chi connectivity index (χ4n) is 15.0. The van der Waals surface area contributed by atoms with E-state index in [0.717, 1.165) is 49.4 Å². The van der Waals surface area contributed by atoms with Gasteiger partial charge in [-0.15, -0.1) is 0 Å². The minimum absolute atomic E-state index is 0.0860. The first kappa shape index (κ1) is 74.8. The van der Waals surface area contributed by atoms with E-state index in [1.165, 1.54) is 75.0 Å². The van der Waals surface area contributed by atoms with Gasteiger partial charge in [0.15, 0.2) is 22.5 Å². The molecular formula is C78H81N15O18. The Labute approximate surface area is 634 Å². The molecule has 576 valence electrons. The predicted octanol–water partition coefficient (Wildman–Crippen LogP) is 5.90. The topological polar surface area (TPSA) is 399 Å². The van der Waals surface area contributed by atoms with Crippen molar-refractivity contribution in [2.24, 2.45) is 10.3 Å². The van der Waals surface area contributed by atoms with Gasteiger partial charge in [0.1, 0.15) is 57.0 Å². The number of furan rings is 3. The Hall–Kier alpha value is -13.0. The van der Waals surface area contributed by atoms with Gasteiger partial charge in [0.05, 0.1) is 54.3 Å². The fraction of sp³-hybridized carbons (Fsp3) is 0.321. The van der Waals surface area contributed by atoms with Gasteiger partial charge in [-0.25, -0.2) is 14.4 Å². The molecule has 33 heteroatoms. The Morgan fingerprint density at radius 2 is 0.820 bits per heavy atom. The molecule has 0 unspecified atom stereocenters. The highest BCUT2D eigenvalue weighted by Crippen LogP contribution is 2.40. The Bertz CT molecular complexity index is 5270. The van der Waals surface area contributed by atoms with E-state index in [1.807, 2.05) is 23.1 Å². The molecule has 12 amide bonds. The highest BCUT2D eigenvalue weighted by atomic mass is 16.5. The third kappa shape index (κ3) is 14.5. The minimum Gasteiger partial charge on any atom is -0.497 e. The summed E-state index contributed by atoms with van der Waals surface area (Å²) >= 11 is 0. The first-order chi connectivity index (χ1) is 53.6. The average molecular weight is 1520 g/mol. The Morgan fingerprint density at radius 1 is 0.450 bits per heavy atom. The van der Waals surface area contributed by atoms with Crippen LogP contribution in [-0.2, 0) is 50.6 Å². The summed E-state index contributed by atoms with van der Waals surface area (Å²) in [7, 11) is 6.13. The summed E-state index contributed by atoms with van der Waals surface area (Å²) in [5, 5.41) is 45.4. The van der Waals surface area contributed by atoms with Gasteiger partial charge >= 0.3 is 18.1 Å². The zero-order valence-electron chi connectivity index (χ0n) is 61.5. The number of carbonyl (C=O) groups is 9. The summed E-state index contributed by atoms with van der Waals surface area (Å²) in [6, 6.07) is 34.4. The first-order valence-corrected chi connectivity index (χ1v) is 35.9. The lowest BCUT2D eigenvalue weighted by molar-refractivity contribution is -0.126. The van der Waals surface area contributed by atoms with E-state index in [1.54, 1.807) is 116 Å². The summed E-state index contributed by atoms with van der Waals surface area (Å²) < 4.78 is 38.9. The van der Waals surface area contributed by atoms with Crippen molar-refractivity contribution in [3.63, 3.8) is 0 Å². The number of urea groups is 3. The second-order valence-electron chi connectivity index (χ2n) is 27.6. The average Bonchev–Trinajstić information content (AvgIpc) is 1.60. The van der Waals surface area contributed by atoms with Crippen molar-refractivity contribution < 1.29 is 85.8 Å². The number of ether oxygens (including phenoxy) is 4. The number of amidine groups is 1. The zero-order chi connectivity index (χ0) is 78.0. The molecule has 8 aliphatic heterocycles. The number of methoxy groups -OCH3 is 4. The van der Waals surface area contributed by atoms with Crippen LogP contribution in [0.25, 0.3) is 32.9 Å². The van der Waals surface area contributed by atoms with Crippen LogP contribution in [0.5, 0.6) is 23.0 Å². The summed E-state index contributed by atoms with van der Waals surface area (Å²) in [5.74, 6) is 0.806. The largest absolute Gasteiger partial charge is 0.497 e. The van der Waals surface area contributed by atoms with Crippen LogP contribution in [0.1, 0.15) is 90.0 Å². The van der Waals surface area contributed by atoms with Crippen molar-refractivity contribution in [2.45, 2.75) is 50.1 Å². The number of hydrogen-bond acceptors (Lipinski definition) is 23. The van der Waals surface area contributed by atoms with Crippen molar-refractivity contribution >= 4 is 98.5 Å². The molecule has 33 nitrogen and oxygen atoms in total. The number of likely N-dealkylation sites (N-methyl/N-ethyl adjacent to an activating group) is 2. The monoisotopic (exact) mass is 1520 g/mol. The molecule has 9 aromatic rings. The molecule has 0 saturated carbocycles. The summed E-state index contributed by atoms with van der Waals surface area (Å²) in [4.78, 5) is 126. The quantitative estimate of drug-likeness (QED) is 0.0168. The molecule has 0 bridgehead atoms. The van der Waals surface area contributed by atoms with Gasteiger partial charge < -0.3 is 93.3 Å². The number of nitrogens with zero attached hydrogens (tertiary/aromatic N) is 8. The number of fused-ring (bicyclic) bond motifs is 6. The molecule has 9 N–H and O–H groups in total. The maximum absolute atomic E-state index is 13.3. The van der Waals surface area contributed by atoms with Gasteiger partial charge in [-0.3, -0.25) is 44.7 Å². The van der Waals surface area contributed by atoms with E-state index in [4.69, 9.17) is 37.4 Å². The maximum atomic E-state index is 13.3. The van der Waals surface area contributed by atoms with Gasteiger partial charge in [-0.2, -0.15) is 0 Å². The number of carbonyl (C=O) groups excluding carboxylic acids is 9. The first-order valence-electron chi connectivity index (χ1n) is 35.9. The maximum Gasteiger partial charge on any atom is 0.322 e. The van der Waals surface area contributed by atoms with Crippen LogP contribution < -0.4 is 56.2 Å². The van der Waals surface area contributed by atoms with Crippen LogP contribution >= 0.6 is 0 Å². The van der Waals surface area contributed by atoms with Gasteiger partial charge in [-0.05, 0) is 145 Å². The molecule has 6 aromatic carbocycles. The summed E-state index contributed by atoms with van der Waals surface area (Å²) in [6.07, 6.45) is 1.26. The Kier molecular flexibility index (Phi) is 20.8. The minimum atomic E-state index is -1.62. The molecule has 0 radical (unpaired) electrons. The van der Waals surface area contributed by atoms with Gasteiger partial charge in [-0.1, -0.05) is 42.4 Å². The van der Waals surface area contributed by atoms with E-state index in [0.29, 0.717) is 96.1 Å². The number of nitrogens with one attached hydrogen (secondary N) is 7. The van der Waals surface area contributed by atoms with Crippen molar-refractivity contribution in [3.05, 3.63) is 189 Å². The molecule has 0 aliphatic carbocycles. The lowest BCUT2D eigenvalue weighted by Crippen LogP contribution is -2.52. The molecule has 8 aliphatic rings.